The van der Waals surface area contributed by atoms with Crippen LogP contribution in [0.25, 0.3) is 22.4 Å². The Morgan fingerprint density at radius 2 is 1.68 bits per heavy atom. The Kier molecular flexibility index (Phi) is 5.16. The number of hydrogen-bond acceptors (Lipinski definition) is 3. The molecule has 3 aromatic carbocycles. The molecule has 4 nitrogen and oxygen atoms in total. The quantitative estimate of drug-likeness (QED) is 0.410. The summed E-state index contributed by atoms with van der Waals surface area (Å²) in [6.45, 7) is 2.53. The van der Waals surface area contributed by atoms with Gasteiger partial charge in [0.25, 0.3) is 0 Å². The van der Waals surface area contributed by atoms with E-state index in [1.165, 1.54) is 5.56 Å². The molecule has 0 spiro atoms. The zero-order valence-corrected chi connectivity index (χ0v) is 16.9. The summed E-state index contributed by atoms with van der Waals surface area (Å²) in [7, 11) is 1.62. The molecule has 0 saturated carbocycles. The Labute approximate surface area is 173 Å². The highest BCUT2D eigenvalue weighted by atomic mass is 35.5. The molecule has 0 saturated heterocycles. The standard InChI is InChI=1S/C22H18Cl2N2O2/c1-13-3-5-14(6-4-13)12-28-20-8-7-15(9-21(20)27-2)22-25-18-10-16(23)17(24)11-19(18)26-22/h3-11H,12H2,1-2H3,(H,25,26). The molecule has 142 valence electrons. The molecule has 6 heteroatoms. The van der Waals surface area contributed by atoms with E-state index < -0.39 is 0 Å². The fraction of sp³-hybridized carbons (Fsp3) is 0.136. The molecular weight excluding hydrogens is 395 g/mol. The number of imidazole rings is 1. The van der Waals surface area contributed by atoms with E-state index in [0.29, 0.717) is 34.0 Å². The molecule has 0 atom stereocenters. The zero-order valence-electron chi connectivity index (χ0n) is 15.4. The van der Waals surface area contributed by atoms with Crippen molar-refractivity contribution in [1.82, 2.24) is 9.97 Å². The van der Waals surface area contributed by atoms with Crippen molar-refractivity contribution in [2.45, 2.75) is 13.5 Å². The van der Waals surface area contributed by atoms with E-state index in [-0.39, 0.29) is 0 Å². The van der Waals surface area contributed by atoms with Crippen LogP contribution in [0.15, 0.2) is 54.6 Å². The Bertz CT molecular complexity index is 1100. The SMILES string of the molecule is COc1cc(-c2nc3cc(Cl)c(Cl)cc3[nH]2)ccc1OCc1ccc(C)cc1. The van der Waals surface area contributed by atoms with Gasteiger partial charge in [0.15, 0.2) is 11.5 Å². The summed E-state index contributed by atoms with van der Waals surface area (Å²) in [4.78, 5) is 7.86. The third kappa shape index (κ3) is 3.79. The summed E-state index contributed by atoms with van der Waals surface area (Å²) >= 11 is 12.2. The van der Waals surface area contributed by atoms with Crippen LogP contribution in [0.4, 0.5) is 0 Å². The number of aryl methyl sites for hydroxylation is 1. The number of nitrogens with zero attached hydrogens (tertiary/aromatic N) is 1. The van der Waals surface area contributed by atoms with Crippen LogP contribution < -0.4 is 9.47 Å². The summed E-state index contributed by atoms with van der Waals surface area (Å²) in [6.07, 6.45) is 0. The van der Waals surface area contributed by atoms with Gasteiger partial charge < -0.3 is 14.5 Å². The Balaban J connectivity index is 1.60. The molecule has 0 fully saturated rings. The number of aromatic nitrogens is 2. The molecule has 0 aliphatic carbocycles. The van der Waals surface area contributed by atoms with Crippen molar-refractivity contribution < 1.29 is 9.47 Å². The first kappa shape index (κ1) is 18.7. The molecule has 0 aliphatic heterocycles. The lowest BCUT2D eigenvalue weighted by atomic mass is 10.1. The van der Waals surface area contributed by atoms with Crippen molar-refractivity contribution in [3.05, 3.63) is 75.8 Å². The van der Waals surface area contributed by atoms with Gasteiger partial charge in [0.05, 0.1) is 28.2 Å². The van der Waals surface area contributed by atoms with E-state index in [1.807, 2.05) is 18.2 Å². The van der Waals surface area contributed by atoms with Crippen LogP contribution in [0.1, 0.15) is 11.1 Å². The van der Waals surface area contributed by atoms with E-state index in [4.69, 9.17) is 32.7 Å². The van der Waals surface area contributed by atoms with Crippen LogP contribution in [0.2, 0.25) is 10.0 Å². The lowest BCUT2D eigenvalue weighted by Crippen LogP contribution is -1.98. The average Bonchev–Trinajstić information content (AvgIpc) is 3.10. The van der Waals surface area contributed by atoms with Crippen molar-refractivity contribution in [2.24, 2.45) is 0 Å². The second kappa shape index (κ2) is 7.74. The van der Waals surface area contributed by atoms with Crippen molar-refractivity contribution >= 4 is 34.2 Å². The van der Waals surface area contributed by atoms with E-state index in [9.17, 15) is 0 Å². The van der Waals surface area contributed by atoms with E-state index in [2.05, 4.69) is 41.2 Å². The van der Waals surface area contributed by atoms with E-state index >= 15 is 0 Å². The van der Waals surface area contributed by atoms with Crippen LogP contribution >= 0.6 is 23.2 Å². The van der Waals surface area contributed by atoms with E-state index in [1.54, 1.807) is 19.2 Å². The van der Waals surface area contributed by atoms with Crippen molar-refractivity contribution in [3.63, 3.8) is 0 Å². The normalized spacial score (nSPS) is 11.0. The predicted molar refractivity (Wildman–Crippen MR) is 114 cm³/mol. The highest BCUT2D eigenvalue weighted by Crippen LogP contribution is 2.34. The number of methoxy groups -OCH3 is 1. The summed E-state index contributed by atoms with van der Waals surface area (Å²) in [6, 6.07) is 17.5. The lowest BCUT2D eigenvalue weighted by Gasteiger charge is -2.12. The number of aromatic amines is 1. The third-order valence-corrected chi connectivity index (χ3v) is 5.20. The first-order valence-corrected chi connectivity index (χ1v) is 9.50. The zero-order chi connectivity index (χ0) is 19.7. The van der Waals surface area contributed by atoms with E-state index in [0.717, 1.165) is 22.2 Å². The van der Waals surface area contributed by atoms with Gasteiger partial charge in [-0.3, -0.25) is 0 Å². The third-order valence-electron chi connectivity index (χ3n) is 4.48. The molecule has 0 radical (unpaired) electrons. The molecule has 0 amide bonds. The fourth-order valence-corrected chi connectivity index (χ4v) is 3.24. The summed E-state index contributed by atoms with van der Waals surface area (Å²) in [5.74, 6) is 2.02. The smallest absolute Gasteiger partial charge is 0.161 e. The number of rotatable bonds is 5. The molecule has 1 N–H and O–H groups in total. The minimum absolute atomic E-state index is 0.470. The summed E-state index contributed by atoms with van der Waals surface area (Å²) in [5.41, 5.74) is 4.77. The minimum Gasteiger partial charge on any atom is -0.493 e. The van der Waals surface area contributed by atoms with Crippen LogP contribution in [0.3, 0.4) is 0 Å². The molecule has 1 aromatic heterocycles. The predicted octanol–water partition coefficient (Wildman–Crippen LogP) is 6.43. The first-order valence-electron chi connectivity index (χ1n) is 8.75. The van der Waals surface area contributed by atoms with Gasteiger partial charge in [-0.2, -0.15) is 0 Å². The molecule has 0 bridgehead atoms. The molecule has 1 heterocycles. The highest BCUT2D eigenvalue weighted by molar-refractivity contribution is 6.42. The molecular formula is C22H18Cl2N2O2. The number of hydrogen-bond donors (Lipinski definition) is 1. The topological polar surface area (TPSA) is 47.1 Å². The lowest BCUT2D eigenvalue weighted by molar-refractivity contribution is 0.284. The Morgan fingerprint density at radius 3 is 2.43 bits per heavy atom. The number of nitrogens with one attached hydrogen (secondary N) is 1. The molecule has 4 aromatic rings. The first-order chi connectivity index (χ1) is 13.5. The number of halogens is 2. The van der Waals surface area contributed by atoms with Crippen LogP contribution in [0.5, 0.6) is 11.5 Å². The second-order valence-corrected chi connectivity index (χ2v) is 7.32. The van der Waals surface area contributed by atoms with Gasteiger partial charge in [-0.15, -0.1) is 0 Å². The van der Waals surface area contributed by atoms with Gasteiger partial charge in [0.1, 0.15) is 12.4 Å². The highest BCUT2D eigenvalue weighted by Gasteiger charge is 2.12. The second-order valence-electron chi connectivity index (χ2n) is 6.51. The van der Waals surface area contributed by atoms with Gasteiger partial charge in [0.2, 0.25) is 0 Å². The van der Waals surface area contributed by atoms with Crippen molar-refractivity contribution in [2.75, 3.05) is 7.11 Å². The largest absolute Gasteiger partial charge is 0.493 e. The summed E-state index contributed by atoms with van der Waals surface area (Å²) in [5, 5.41) is 0.964. The number of fused-ring (bicyclic) bond motifs is 1. The van der Waals surface area contributed by atoms with Crippen molar-refractivity contribution in [3.8, 4) is 22.9 Å². The average molecular weight is 413 g/mol. The monoisotopic (exact) mass is 412 g/mol. The molecule has 0 aliphatic rings. The van der Waals surface area contributed by atoms with Crippen LogP contribution in [-0.4, -0.2) is 17.1 Å². The van der Waals surface area contributed by atoms with Gasteiger partial charge >= 0.3 is 0 Å². The van der Waals surface area contributed by atoms with Crippen LogP contribution in [-0.2, 0) is 6.61 Å². The maximum absolute atomic E-state index is 6.09. The Hall–Kier alpha value is -2.69. The summed E-state index contributed by atoms with van der Waals surface area (Å²) < 4.78 is 11.5. The molecule has 0 unspecified atom stereocenters. The maximum Gasteiger partial charge on any atom is 0.161 e. The minimum atomic E-state index is 0.470. The van der Waals surface area contributed by atoms with Gasteiger partial charge in [-0.1, -0.05) is 53.0 Å². The van der Waals surface area contributed by atoms with Gasteiger partial charge in [-0.05, 0) is 42.8 Å². The molecule has 4 rings (SSSR count). The Morgan fingerprint density at radius 1 is 0.929 bits per heavy atom. The maximum atomic E-state index is 6.09. The van der Waals surface area contributed by atoms with Gasteiger partial charge in [0, 0.05) is 5.56 Å². The number of H-pyrrole nitrogens is 1. The number of benzene rings is 3. The molecule has 28 heavy (non-hydrogen) atoms. The van der Waals surface area contributed by atoms with Crippen LogP contribution in [0, 0.1) is 6.92 Å². The fourth-order valence-electron chi connectivity index (χ4n) is 2.92. The van der Waals surface area contributed by atoms with Crippen molar-refractivity contribution in [1.29, 1.82) is 0 Å². The van der Waals surface area contributed by atoms with Gasteiger partial charge in [-0.25, -0.2) is 4.98 Å². The number of ether oxygens (including phenoxy) is 2.